The lowest BCUT2D eigenvalue weighted by atomic mass is 10.0. The Bertz CT molecular complexity index is 481. The molecule has 5 heteroatoms. The van der Waals surface area contributed by atoms with Crippen molar-refractivity contribution in [1.82, 2.24) is 0 Å². The topological polar surface area (TPSA) is 53.9 Å². The molecule has 2 heterocycles. The molecule has 3 rings (SSSR count). The Morgan fingerprint density at radius 1 is 1.39 bits per heavy atom. The van der Waals surface area contributed by atoms with E-state index in [4.69, 9.17) is 4.74 Å². The van der Waals surface area contributed by atoms with Crippen LogP contribution in [0.4, 0.5) is 11.4 Å². The number of anilines is 2. The van der Waals surface area contributed by atoms with Crippen molar-refractivity contribution < 1.29 is 9.53 Å². The minimum absolute atomic E-state index is 0.387. The van der Waals surface area contributed by atoms with Crippen LogP contribution in [0.25, 0.3) is 0 Å². The molecular formula is C13H15N3O2. The molecule has 0 amide bonds. The Labute approximate surface area is 105 Å². The van der Waals surface area contributed by atoms with Gasteiger partial charge in [0.15, 0.2) is 0 Å². The van der Waals surface area contributed by atoms with Crippen LogP contribution >= 0.6 is 0 Å². The molecule has 1 aromatic carbocycles. The van der Waals surface area contributed by atoms with Gasteiger partial charge >= 0.3 is 0 Å². The van der Waals surface area contributed by atoms with Crippen LogP contribution in [-0.2, 0) is 9.53 Å². The molecule has 0 bridgehead atoms. The maximum Gasteiger partial charge on any atom is 0.149 e. The van der Waals surface area contributed by atoms with E-state index in [2.05, 4.69) is 21.3 Å². The van der Waals surface area contributed by atoms with E-state index >= 15 is 0 Å². The molecule has 0 aromatic heterocycles. The fraction of sp³-hybridized carbons (Fsp3) is 0.385. The summed E-state index contributed by atoms with van der Waals surface area (Å²) in [5.74, 6) is 0. The van der Waals surface area contributed by atoms with Crippen LogP contribution in [0.15, 0.2) is 23.2 Å². The van der Waals surface area contributed by atoms with Gasteiger partial charge in [0, 0.05) is 30.0 Å². The summed E-state index contributed by atoms with van der Waals surface area (Å²) < 4.78 is 5.34. The van der Waals surface area contributed by atoms with E-state index in [1.165, 1.54) is 0 Å². The van der Waals surface area contributed by atoms with Gasteiger partial charge in [-0.2, -0.15) is 0 Å². The number of fused-ring (bicyclic) bond motifs is 1. The van der Waals surface area contributed by atoms with Gasteiger partial charge in [-0.3, -0.25) is 4.99 Å². The number of aliphatic imine (C=N–C) groups is 1. The highest BCUT2D eigenvalue weighted by Crippen LogP contribution is 2.31. The largest absolute Gasteiger partial charge is 0.378 e. The predicted octanol–water partition coefficient (Wildman–Crippen LogP) is 1.22. The molecule has 2 aliphatic heterocycles. The van der Waals surface area contributed by atoms with E-state index in [1.807, 2.05) is 12.1 Å². The lowest BCUT2D eigenvalue weighted by Crippen LogP contribution is -2.36. The third-order valence-corrected chi connectivity index (χ3v) is 3.31. The van der Waals surface area contributed by atoms with Crippen molar-refractivity contribution >= 4 is 24.0 Å². The van der Waals surface area contributed by atoms with Gasteiger partial charge in [0.2, 0.25) is 0 Å². The molecule has 0 aliphatic carbocycles. The van der Waals surface area contributed by atoms with E-state index in [9.17, 15) is 4.79 Å². The molecule has 1 saturated heterocycles. The minimum Gasteiger partial charge on any atom is -0.378 e. The monoisotopic (exact) mass is 245 g/mol. The molecule has 18 heavy (non-hydrogen) atoms. The third kappa shape index (κ3) is 1.97. The molecule has 1 fully saturated rings. The first-order valence-electron chi connectivity index (χ1n) is 6.08. The highest BCUT2D eigenvalue weighted by atomic mass is 16.5. The quantitative estimate of drug-likeness (QED) is 0.796. The van der Waals surface area contributed by atoms with Gasteiger partial charge in [-0.25, -0.2) is 0 Å². The standard InChI is InChI=1S/C13H15N3O2/c17-8-13-11-7-10(16-3-5-18-6-4-16)1-2-12(11)14-9-15-13/h1-2,7-9,13H,3-6H2,(H,14,15). The summed E-state index contributed by atoms with van der Waals surface area (Å²) in [7, 11) is 0. The van der Waals surface area contributed by atoms with Gasteiger partial charge < -0.3 is 19.7 Å². The smallest absolute Gasteiger partial charge is 0.149 e. The van der Waals surface area contributed by atoms with Crippen molar-refractivity contribution in [2.24, 2.45) is 4.99 Å². The molecule has 0 spiro atoms. The average molecular weight is 245 g/mol. The van der Waals surface area contributed by atoms with Gasteiger partial charge in [-0.1, -0.05) is 0 Å². The predicted molar refractivity (Wildman–Crippen MR) is 70.4 cm³/mol. The average Bonchev–Trinajstić information content (AvgIpc) is 2.47. The van der Waals surface area contributed by atoms with E-state index in [0.717, 1.165) is 49.5 Å². The highest BCUT2D eigenvalue weighted by Gasteiger charge is 2.19. The fourth-order valence-corrected chi connectivity index (χ4v) is 2.32. The fourth-order valence-electron chi connectivity index (χ4n) is 2.32. The van der Waals surface area contributed by atoms with E-state index in [0.29, 0.717) is 0 Å². The molecule has 1 N–H and O–H groups in total. The molecule has 1 atom stereocenters. The van der Waals surface area contributed by atoms with Crippen LogP contribution in [0.2, 0.25) is 0 Å². The van der Waals surface area contributed by atoms with Gasteiger partial charge in [0.1, 0.15) is 12.3 Å². The van der Waals surface area contributed by atoms with E-state index in [1.54, 1.807) is 6.34 Å². The number of carbonyl (C=O) groups is 1. The second-order valence-corrected chi connectivity index (χ2v) is 4.37. The molecule has 1 unspecified atom stereocenters. The SMILES string of the molecule is O=CC1N=CNc2ccc(N3CCOCC3)cc21. The number of nitrogens with one attached hydrogen (secondary N) is 1. The van der Waals surface area contributed by atoms with Gasteiger partial charge in [-0.15, -0.1) is 0 Å². The molecule has 94 valence electrons. The van der Waals surface area contributed by atoms with Crippen molar-refractivity contribution in [3.63, 3.8) is 0 Å². The number of carbonyl (C=O) groups excluding carboxylic acids is 1. The Kier molecular flexibility index (Phi) is 2.98. The highest BCUT2D eigenvalue weighted by molar-refractivity contribution is 5.86. The zero-order valence-electron chi connectivity index (χ0n) is 10.0. The van der Waals surface area contributed by atoms with Crippen LogP contribution < -0.4 is 10.2 Å². The number of ether oxygens (including phenoxy) is 1. The Balaban J connectivity index is 1.92. The van der Waals surface area contributed by atoms with Gasteiger partial charge in [-0.05, 0) is 18.2 Å². The Hall–Kier alpha value is -1.88. The third-order valence-electron chi connectivity index (χ3n) is 3.31. The first-order valence-corrected chi connectivity index (χ1v) is 6.08. The lowest BCUT2D eigenvalue weighted by molar-refractivity contribution is -0.108. The summed E-state index contributed by atoms with van der Waals surface area (Å²) in [6, 6.07) is 5.73. The molecular weight excluding hydrogens is 230 g/mol. The lowest BCUT2D eigenvalue weighted by Gasteiger charge is -2.30. The van der Waals surface area contributed by atoms with Crippen molar-refractivity contribution in [1.29, 1.82) is 0 Å². The van der Waals surface area contributed by atoms with Gasteiger partial charge in [0.25, 0.3) is 0 Å². The summed E-state index contributed by atoms with van der Waals surface area (Å²) in [6.45, 7) is 3.29. The molecule has 2 aliphatic rings. The number of aldehydes is 1. The van der Waals surface area contributed by atoms with Crippen molar-refractivity contribution in [2.75, 3.05) is 36.5 Å². The summed E-state index contributed by atoms with van der Waals surface area (Å²) in [4.78, 5) is 17.4. The molecule has 5 nitrogen and oxygen atoms in total. The van der Waals surface area contributed by atoms with Crippen LogP contribution in [0, 0.1) is 0 Å². The number of hydrogen-bond acceptors (Lipinski definition) is 5. The van der Waals surface area contributed by atoms with Gasteiger partial charge in [0.05, 0.1) is 19.6 Å². The maximum absolute atomic E-state index is 11.0. The summed E-state index contributed by atoms with van der Waals surface area (Å²) in [6.07, 6.45) is 2.45. The van der Waals surface area contributed by atoms with Crippen molar-refractivity contribution in [3.8, 4) is 0 Å². The van der Waals surface area contributed by atoms with Crippen LogP contribution in [0.5, 0.6) is 0 Å². The van der Waals surface area contributed by atoms with E-state index in [-0.39, 0.29) is 6.04 Å². The number of hydrogen-bond donors (Lipinski definition) is 1. The normalized spacial score (nSPS) is 22.2. The van der Waals surface area contributed by atoms with Crippen LogP contribution in [-0.4, -0.2) is 38.9 Å². The number of nitrogens with zero attached hydrogens (tertiary/aromatic N) is 2. The van der Waals surface area contributed by atoms with Crippen molar-refractivity contribution in [2.45, 2.75) is 6.04 Å². The first kappa shape index (κ1) is 11.2. The zero-order chi connectivity index (χ0) is 12.4. The minimum atomic E-state index is -0.387. The second-order valence-electron chi connectivity index (χ2n) is 4.37. The van der Waals surface area contributed by atoms with Crippen LogP contribution in [0.3, 0.4) is 0 Å². The summed E-state index contributed by atoms with van der Waals surface area (Å²) >= 11 is 0. The zero-order valence-corrected chi connectivity index (χ0v) is 10.0. The molecule has 0 radical (unpaired) electrons. The van der Waals surface area contributed by atoms with E-state index < -0.39 is 0 Å². The van der Waals surface area contributed by atoms with Crippen molar-refractivity contribution in [3.05, 3.63) is 23.8 Å². The first-order chi connectivity index (χ1) is 8.88. The molecule has 1 aromatic rings. The number of rotatable bonds is 2. The Morgan fingerprint density at radius 3 is 3.00 bits per heavy atom. The molecule has 0 saturated carbocycles. The summed E-state index contributed by atoms with van der Waals surface area (Å²) in [5, 5.41) is 3.06. The summed E-state index contributed by atoms with van der Waals surface area (Å²) in [5.41, 5.74) is 3.03. The second kappa shape index (κ2) is 4.78. The maximum atomic E-state index is 11.0. The number of benzene rings is 1. The van der Waals surface area contributed by atoms with Crippen LogP contribution in [0.1, 0.15) is 11.6 Å². The Morgan fingerprint density at radius 2 is 2.22 bits per heavy atom. The number of morpholine rings is 1.